The van der Waals surface area contributed by atoms with Gasteiger partial charge in [-0.05, 0) is 5.25 Å². The monoisotopic (exact) mass is 181 g/mol. The van der Waals surface area contributed by atoms with Gasteiger partial charge in [0.1, 0.15) is 0 Å². The molecule has 0 bridgehead atoms. The van der Waals surface area contributed by atoms with Gasteiger partial charge in [-0.15, -0.1) is 0 Å². The summed E-state index contributed by atoms with van der Waals surface area (Å²) < 4.78 is 1.87. The molecule has 0 unspecified atom stereocenters. The van der Waals surface area contributed by atoms with Crippen molar-refractivity contribution in [1.82, 2.24) is 0 Å². The largest absolute Gasteiger partial charge is 0.463 e. The minimum atomic E-state index is 0.155. The van der Waals surface area contributed by atoms with Gasteiger partial charge in [0, 0.05) is 0 Å². The second-order valence-electron chi connectivity index (χ2n) is 1.98. The summed E-state index contributed by atoms with van der Waals surface area (Å²) in [6.07, 6.45) is 0. The first-order chi connectivity index (χ1) is 4.16. The fraction of sp³-hybridized carbons (Fsp3) is 0.667. The Balaban J connectivity index is 3.40. The van der Waals surface area contributed by atoms with E-state index in [2.05, 4.69) is 32.3 Å². The summed E-state index contributed by atoms with van der Waals surface area (Å²) in [7, 11) is 0.155. The van der Waals surface area contributed by atoms with Crippen LogP contribution >= 0.6 is 24.4 Å². The topological polar surface area (TPSA) is 0 Å². The molecular weight excluding hydrogens is 168 g/mol. The molecule has 0 spiro atoms. The summed E-state index contributed by atoms with van der Waals surface area (Å²) in [5.41, 5.74) is 0. The fourth-order valence-corrected chi connectivity index (χ4v) is 2.83. The van der Waals surface area contributed by atoms with Gasteiger partial charge in [0.05, 0.1) is 0 Å². The average Bonchev–Trinajstić information content (AvgIpc) is 1.83. The Morgan fingerprint density at radius 1 is 1.78 bits per heavy atom. The molecule has 0 atom stereocenters. The van der Waals surface area contributed by atoms with Crippen molar-refractivity contribution in [3.63, 3.8) is 0 Å². The standard InChI is InChI=1S/C6H13S3/c1-6(2)8-5-9(3)4-7/h4,6-7H,3,5H2,1-2H3/q-1. The van der Waals surface area contributed by atoms with Crippen LogP contribution in [0.4, 0.5) is 0 Å². The van der Waals surface area contributed by atoms with Crippen LogP contribution in [0.5, 0.6) is 0 Å². The lowest BCUT2D eigenvalue weighted by molar-refractivity contribution is 1.12. The first kappa shape index (κ1) is 9.79. The van der Waals surface area contributed by atoms with Crippen molar-refractivity contribution in [1.29, 1.82) is 0 Å². The molecule has 0 aliphatic heterocycles. The first-order valence-electron chi connectivity index (χ1n) is 2.75. The lowest BCUT2D eigenvalue weighted by atomic mass is 10.6. The lowest BCUT2D eigenvalue weighted by Gasteiger charge is -2.09. The van der Waals surface area contributed by atoms with E-state index in [0.717, 1.165) is 10.3 Å². The molecule has 0 aromatic heterocycles. The second-order valence-corrected chi connectivity index (χ2v) is 6.11. The van der Waals surface area contributed by atoms with Crippen molar-refractivity contribution < 1.29 is 0 Å². The number of thioether (sulfide) groups is 1. The molecule has 3 heteroatoms. The highest BCUT2D eigenvalue weighted by molar-refractivity contribution is 8.19. The van der Waals surface area contributed by atoms with E-state index in [9.17, 15) is 0 Å². The maximum Gasteiger partial charge on any atom is -0.00279 e. The molecule has 0 heterocycles. The molecular formula is C6H13S3-. The highest BCUT2D eigenvalue weighted by atomic mass is 32.2. The van der Waals surface area contributed by atoms with E-state index >= 15 is 0 Å². The SMILES string of the molecule is C=[S-](=C/S)/CSC(C)C. The maximum atomic E-state index is 4.03. The minimum Gasteiger partial charge on any atom is -0.463 e. The van der Waals surface area contributed by atoms with E-state index in [0.29, 0.717) is 0 Å². The summed E-state index contributed by atoms with van der Waals surface area (Å²) >= 11 is 5.96. The Hall–Kier alpha value is 0.790. The van der Waals surface area contributed by atoms with E-state index < -0.39 is 0 Å². The van der Waals surface area contributed by atoms with E-state index in [1.807, 2.05) is 16.5 Å². The molecule has 9 heavy (non-hydrogen) atoms. The van der Waals surface area contributed by atoms with E-state index in [1.165, 1.54) is 0 Å². The van der Waals surface area contributed by atoms with Crippen molar-refractivity contribution in [3.05, 3.63) is 0 Å². The lowest BCUT2D eigenvalue weighted by Crippen LogP contribution is -1.90. The van der Waals surface area contributed by atoms with Crippen LogP contribution in [0.2, 0.25) is 0 Å². The van der Waals surface area contributed by atoms with Gasteiger partial charge in [-0.25, -0.2) is 5.87 Å². The van der Waals surface area contributed by atoms with Gasteiger partial charge >= 0.3 is 0 Å². The Kier molecular flexibility index (Phi) is 6.05. The van der Waals surface area contributed by atoms with Crippen molar-refractivity contribution >= 4 is 45.0 Å². The van der Waals surface area contributed by atoms with Gasteiger partial charge in [0.15, 0.2) is 0 Å². The zero-order valence-corrected chi connectivity index (χ0v) is 8.36. The maximum absolute atomic E-state index is 4.03. The minimum absolute atomic E-state index is 0.155. The molecule has 0 radical (unpaired) electrons. The molecule has 0 nitrogen and oxygen atoms in total. The normalized spacial score (nSPS) is 14.7. The molecule has 56 valence electrons. The quantitative estimate of drug-likeness (QED) is 0.394. The molecule has 0 amide bonds. The average molecular weight is 181 g/mol. The van der Waals surface area contributed by atoms with Gasteiger partial charge in [0.2, 0.25) is 0 Å². The summed E-state index contributed by atoms with van der Waals surface area (Å²) in [4.78, 5) is 0. The molecule has 0 saturated carbocycles. The molecule has 0 aromatic carbocycles. The Morgan fingerprint density at radius 3 is 2.67 bits per heavy atom. The Morgan fingerprint density at radius 2 is 2.33 bits per heavy atom. The molecule has 0 aliphatic rings. The summed E-state index contributed by atoms with van der Waals surface area (Å²) in [6.45, 7) is 4.39. The molecule has 0 saturated heterocycles. The van der Waals surface area contributed by atoms with E-state index in [1.54, 1.807) is 0 Å². The van der Waals surface area contributed by atoms with Crippen LogP contribution in [0.15, 0.2) is 0 Å². The zero-order chi connectivity index (χ0) is 7.28. The van der Waals surface area contributed by atoms with Gasteiger partial charge in [-0.3, -0.25) is 0 Å². The first-order valence-corrected chi connectivity index (χ1v) is 5.94. The van der Waals surface area contributed by atoms with Gasteiger partial charge in [-0.2, -0.15) is 29.1 Å². The van der Waals surface area contributed by atoms with Crippen LogP contribution in [0.25, 0.3) is 0 Å². The number of rotatable bonds is 3. The van der Waals surface area contributed by atoms with Crippen molar-refractivity contribution in [2.75, 3.05) is 5.08 Å². The van der Waals surface area contributed by atoms with Crippen molar-refractivity contribution in [2.45, 2.75) is 19.1 Å². The third-order valence-electron chi connectivity index (χ3n) is 0.702. The van der Waals surface area contributed by atoms with Crippen molar-refractivity contribution in [2.24, 2.45) is 0 Å². The molecule has 0 N–H and O–H groups in total. The van der Waals surface area contributed by atoms with Crippen LogP contribution < -0.4 is 0 Å². The number of thiol groups is 1. The smallest absolute Gasteiger partial charge is 0.00279 e. The van der Waals surface area contributed by atoms with Crippen LogP contribution in [0, 0.1) is 0 Å². The summed E-state index contributed by atoms with van der Waals surface area (Å²) in [6, 6.07) is 0. The van der Waals surface area contributed by atoms with Crippen molar-refractivity contribution in [3.8, 4) is 0 Å². The van der Waals surface area contributed by atoms with Crippen LogP contribution in [0.1, 0.15) is 13.8 Å². The summed E-state index contributed by atoms with van der Waals surface area (Å²) in [5.74, 6) is 3.90. The number of hydrogen-bond acceptors (Lipinski definition) is 2. The van der Waals surface area contributed by atoms with Crippen LogP contribution in [-0.4, -0.2) is 20.9 Å². The van der Waals surface area contributed by atoms with Gasteiger partial charge < -0.3 is 10.1 Å². The predicted molar refractivity (Wildman–Crippen MR) is 57.1 cm³/mol. The van der Waals surface area contributed by atoms with Gasteiger partial charge in [0.25, 0.3) is 0 Å². The molecule has 0 fully saturated rings. The van der Waals surface area contributed by atoms with Crippen LogP contribution in [-0.2, 0) is 10.1 Å². The van der Waals surface area contributed by atoms with Gasteiger partial charge in [-0.1, -0.05) is 18.9 Å². The molecule has 0 aliphatic carbocycles. The Bertz CT molecular complexity index is 131. The predicted octanol–water partition coefficient (Wildman–Crippen LogP) is 1.83. The van der Waals surface area contributed by atoms with E-state index in [-0.39, 0.29) is 10.1 Å². The second kappa shape index (κ2) is 5.57. The highest BCUT2D eigenvalue weighted by Crippen LogP contribution is 2.07. The summed E-state index contributed by atoms with van der Waals surface area (Å²) in [5, 5.41) is 1.83. The molecule has 0 rings (SSSR count). The fourth-order valence-electron chi connectivity index (χ4n) is 0.254. The zero-order valence-electron chi connectivity index (χ0n) is 5.83. The van der Waals surface area contributed by atoms with E-state index in [4.69, 9.17) is 0 Å². The third kappa shape index (κ3) is 6.68. The Labute approximate surface area is 69.3 Å². The van der Waals surface area contributed by atoms with Crippen LogP contribution in [0.3, 0.4) is 0 Å². The highest BCUT2D eigenvalue weighted by Gasteiger charge is 1.84. The third-order valence-corrected chi connectivity index (χ3v) is 4.32. The number of hydrogen-bond donors (Lipinski definition) is 1. The molecule has 0 aromatic rings.